The molecule has 16 heavy (non-hydrogen) atoms. The fraction of sp³-hybridized carbons (Fsp3) is 0.357. The molecular formula is C14H16N2. The number of hydrogen-bond donors (Lipinski definition) is 1. The highest BCUT2D eigenvalue weighted by atomic mass is 15.0. The van der Waals surface area contributed by atoms with Crippen LogP contribution in [0.3, 0.4) is 0 Å². The van der Waals surface area contributed by atoms with Gasteiger partial charge in [0.15, 0.2) is 0 Å². The first-order chi connectivity index (χ1) is 7.80. The van der Waals surface area contributed by atoms with Gasteiger partial charge in [-0.3, -0.25) is 4.98 Å². The molecule has 1 atom stereocenters. The lowest BCUT2D eigenvalue weighted by molar-refractivity contribution is 0.438. The van der Waals surface area contributed by atoms with Crippen molar-refractivity contribution in [2.45, 2.75) is 25.3 Å². The maximum Gasteiger partial charge on any atom is 0.0413 e. The number of pyridine rings is 1. The minimum Gasteiger partial charge on any atom is -0.308 e. The lowest BCUT2D eigenvalue weighted by Crippen LogP contribution is -2.33. The summed E-state index contributed by atoms with van der Waals surface area (Å²) in [5, 5.41) is 6.17. The summed E-state index contributed by atoms with van der Waals surface area (Å²) in [5.74, 6) is 0. The van der Waals surface area contributed by atoms with Crippen LogP contribution in [0, 0.1) is 0 Å². The fourth-order valence-corrected chi connectivity index (χ4v) is 2.72. The Morgan fingerprint density at radius 1 is 1.31 bits per heavy atom. The molecule has 1 saturated heterocycles. The van der Waals surface area contributed by atoms with Crippen molar-refractivity contribution >= 4 is 10.8 Å². The lowest BCUT2D eigenvalue weighted by Gasteiger charge is -2.26. The van der Waals surface area contributed by atoms with Crippen LogP contribution in [-0.4, -0.2) is 11.5 Å². The van der Waals surface area contributed by atoms with Crippen molar-refractivity contribution in [1.29, 1.82) is 0 Å². The van der Waals surface area contributed by atoms with Crippen molar-refractivity contribution < 1.29 is 0 Å². The Bertz CT molecular complexity index is 508. The van der Waals surface area contributed by atoms with Crippen molar-refractivity contribution in [3.05, 3.63) is 42.2 Å². The average molecular weight is 212 g/mol. The third-order valence-electron chi connectivity index (χ3n) is 3.65. The Labute approximate surface area is 95.7 Å². The van der Waals surface area contributed by atoms with Gasteiger partial charge in [0.1, 0.15) is 0 Å². The van der Waals surface area contributed by atoms with E-state index >= 15 is 0 Å². The zero-order chi connectivity index (χ0) is 11.0. The number of hydrogen-bond acceptors (Lipinski definition) is 2. The van der Waals surface area contributed by atoms with E-state index < -0.39 is 0 Å². The molecule has 2 heterocycles. The van der Waals surface area contributed by atoms with Crippen LogP contribution >= 0.6 is 0 Å². The van der Waals surface area contributed by atoms with E-state index in [1.807, 2.05) is 12.4 Å². The first-order valence-electron chi connectivity index (χ1n) is 5.88. The smallest absolute Gasteiger partial charge is 0.0413 e. The van der Waals surface area contributed by atoms with Crippen LogP contribution in [0.1, 0.15) is 25.3 Å². The molecule has 3 rings (SSSR count). The SMILES string of the molecule is CC1(c2cccc3ccncc23)CCCN1. The highest BCUT2D eigenvalue weighted by molar-refractivity contribution is 5.85. The second-order valence-electron chi connectivity index (χ2n) is 4.76. The Morgan fingerprint density at radius 3 is 3.06 bits per heavy atom. The van der Waals surface area contributed by atoms with Gasteiger partial charge >= 0.3 is 0 Å². The maximum atomic E-state index is 4.25. The molecule has 1 aromatic carbocycles. The van der Waals surface area contributed by atoms with E-state index in [-0.39, 0.29) is 5.54 Å². The summed E-state index contributed by atoms with van der Waals surface area (Å²) in [5.41, 5.74) is 1.51. The van der Waals surface area contributed by atoms with Crippen LogP contribution in [0.25, 0.3) is 10.8 Å². The van der Waals surface area contributed by atoms with Crippen LogP contribution in [0.5, 0.6) is 0 Å². The molecule has 0 amide bonds. The standard InChI is InChI=1S/C14H16N2/c1-14(7-3-8-16-14)13-5-2-4-11-6-9-15-10-12(11)13/h2,4-6,9-10,16H,3,7-8H2,1H3. The Hall–Kier alpha value is -1.41. The van der Waals surface area contributed by atoms with Gasteiger partial charge in [-0.25, -0.2) is 0 Å². The minimum absolute atomic E-state index is 0.128. The predicted octanol–water partition coefficient (Wildman–Crippen LogP) is 2.83. The molecule has 2 nitrogen and oxygen atoms in total. The molecule has 0 aliphatic carbocycles. The second kappa shape index (κ2) is 3.56. The van der Waals surface area contributed by atoms with Crippen LogP contribution in [0.2, 0.25) is 0 Å². The molecule has 0 saturated carbocycles. The van der Waals surface area contributed by atoms with E-state index in [1.165, 1.54) is 29.2 Å². The summed E-state index contributed by atoms with van der Waals surface area (Å²) >= 11 is 0. The van der Waals surface area contributed by atoms with Gasteiger partial charge in [0.25, 0.3) is 0 Å². The Morgan fingerprint density at radius 2 is 2.25 bits per heavy atom. The highest BCUT2D eigenvalue weighted by Crippen LogP contribution is 2.34. The van der Waals surface area contributed by atoms with E-state index in [0.717, 1.165) is 6.54 Å². The molecule has 0 bridgehead atoms. The molecule has 1 aliphatic rings. The van der Waals surface area contributed by atoms with Gasteiger partial charge in [-0.05, 0) is 43.3 Å². The van der Waals surface area contributed by atoms with Crippen molar-refractivity contribution in [3.8, 4) is 0 Å². The molecule has 2 heteroatoms. The van der Waals surface area contributed by atoms with Gasteiger partial charge in [0.2, 0.25) is 0 Å². The first kappa shape index (κ1) is 9.79. The zero-order valence-electron chi connectivity index (χ0n) is 9.53. The topological polar surface area (TPSA) is 24.9 Å². The number of aromatic nitrogens is 1. The summed E-state index contributed by atoms with van der Waals surface area (Å²) < 4.78 is 0. The van der Waals surface area contributed by atoms with Crippen molar-refractivity contribution in [2.24, 2.45) is 0 Å². The maximum absolute atomic E-state index is 4.25. The summed E-state index contributed by atoms with van der Waals surface area (Å²) in [6.07, 6.45) is 6.31. The summed E-state index contributed by atoms with van der Waals surface area (Å²) in [4.78, 5) is 4.25. The normalized spacial score (nSPS) is 25.1. The van der Waals surface area contributed by atoms with Crippen LogP contribution in [-0.2, 0) is 5.54 Å². The van der Waals surface area contributed by atoms with Gasteiger partial charge in [-0.2, -0.15) is 0 Å². The van der Waals surface area contributed by atoms with E-state index in [2.05, 4.69) is 41.5 Å². The molecule has 1 N–H and O–H groups in total. The van der Waals surface area contributed by atoms with Gasteiger partial charge < -0.3 is 5.32 Å². The largest absolute Gasteiger partial charge is 0.308 e. The predicted molar refractivity (Wildman–Crippen MR) is 66.3 cm³/mol. The molecule has 1 aliphatic heterocycles. The number of rotatable bonds is 1. The summed E-state index contributed by atoms with van der Waals surface area (Å²) in [6.45, 7) is 3.41. The summed E-state index contributed by atoms with van der Waals surface area (Å²) in [7, 11) is 0. The molecule has 1 fully saturated rings. The van der Waals surface area contributed by atoms with E-state index in [0.29, 0.717) is 0 Å². The number of nitrogens with zero attached hydrogens (tertiary/aromatic N) is 1. The molecule has 82 valence electrons. The van der Waals surface area contributed by atoms with Crippen LogP contribution in [0.4, 0.5) is 0 Å². The van der Waals surface area contributed by atoms with Crippen molar-refractivity contribution in [2.75, 3.05) is 6.54 Å². The second-order valence-corrected chi connectivity index (χ2v) is 4.76. The average Bonchev–Trinajstić information content (AvgIpc) is 2.77. The van der Waals surface area contributed by atoms with Gasteiger partial charge in [-0.15, -0.1) is 0 Å². The number of nitrogens with one attached hydrogen (secondary N) is 1. The Balaban J connectivity index is 2.23. The third kappa shape index (κ3) is 1.41. The quantitative estimate of drug-likeness (QED) is 0.786. The van der Waals surface area contributed by atoms with Crippen LogP contribution < -0.4 is 5.32 Å². The molecule has 1 unspecified atom stereocenters. The van der Waals surface area contributed by atoms with Crippen molar-refractivity contribution in [1.82, 2.24) is 10.3 Å². The fourth-order valence-electron chi connectivity index (χ4n) is 2.72. The van der Waals surface area contributed by atoms with Crippen LogP contribution in [0.15, 0.2) is 36.7 Å². The highest BCUT2D eigenvalue weighted by Gasteiger charge is 2.31. The Kier molecular flexibility index (Phi) is 2.18. The van der Waals surface area contributed by atoms with Gasteiger partial charge in [0, 0.05) is 23.3 Å². The van der Waals surface area contributed by atoms with E-state index in [1.54, 1.807) is 0 Å². The molecular weight excluding hydrogens is 196 g/mol. The number of benzene rings is 1. The monoisotopic (exact) mass is 212 g/mol. The summed E-state index contributed by atoms with van der Waals surface area (Å²) in [6, 6.07) is 8.60. The minimum atomic E-state index is 0.128. The molecule has 0 radical (unpaired) electrons. The zero-order valence-corrected chi connectivity index (χ0v) is 9.53. The van der Waals surface area contributed by atoms with Gasteiger partial charge in [-0.1, -0.05) is 18.2 Å². The molecule has 0 spiro atoms. The molecule has 2 aromatic rings. The first-order valence-corrected chi connectivity index (χ1v) is 5.88. The van der Waals surface area contributed by atoms with E-state index in [4.69, 9.17) is 0 Å². The van der Waals surface area contributed by atoms with Crippen molar-refractivity contribution in [3.63, 3.8) is 0 Å². The number of fused-ring (bicyclic) bond motifs is 1. The van der Waals surface area contributed by atoms with E-state index in [9.17, 15) is 0 Å². The lowest BCUT2D eigenvalue weighted by atomic mass is 9.87. The molecule has 1 aromatic heterocycles. The third-order valence-corrected chi connectivity index (χ3v) is 3.65. The van der Waals surface area contributed by atoms with Gasteiger partial charge in [0.05, 0.1) is 0 Å².